The third-order valence-corrected chi connectivity index (χ3v) is 2.95. The molecular weight excluding hydrogens is 190 g/mol. The molecule has 1 aliphatic rings. The lowest BCUT2D eigenvalue weighted by molar-refractivity contribution is 0.103. The largest absolute Gasteiger partial charge is 0.385 e. The van der Waals surface area contributed by atoms with Crippen molar-refractivity contribution in [3.8, 4) is 0 Å². The van der Waals surface area contributed by atoms with Gasteiger partial charge in [-0.3, -0.25) is 0 Å². The maximum atomic E-state index is 5.63. The molecule has 3 nitrogen and oxygen atoms in total. The molecule has 0 heterocycles. The molecule has 0 atom stereocenters. The van der Waals surface area contributed by atoms with Crippen LogP contribution in [0.5, 0.6) is 0 Å². The zero-order chi connectivity index (χ0) is 10.8. The minimum atomic E-state index is 0.843. The highest BCUT2D eigenvalue weighted by molar-refractivity contribution is 4.66. The highest BCUT2D eigenvalue weighted by Crippen LogP contribution is 2.24. The highest BCUT2D eigenvalue weighted by Gasteiger charge is 2.14. The maximum Gasteiger partial charge on any atom is 0.0591 e. The summed E-state index contributed by atoms with van der Waals surface area (Å²) in [6, 6.07) is 0. The van der Waals surface area contributed by atoms with E-state index in [9.17, 15) is 0 Å². The van der Waals surface area contributed by atoms with Crippen LogP contribution in [0.2, 0.25) is 0 Å². The SMILES string of the molecule is COCCCNCCOCC1CCCC1. The van der Waals surface area contributed by atoms with E-state index >= 15 is 0 Å². The summed E-state index contributed by atoms with van der Waals surface area (Å²) in [5.74, 6) is 0.846. The lowest BCUT2D eigenvalue weighted by Crippen LogP contribution is -2.22. The van der Waals surface area contributed by atoms with Crippen molar-refractivity contribution >= 4 is 0 Å². The van der Waals surface area contributed by atoms with Gasteiger partial charge in [-0.2, -0.15) is 0 Å². The Hall–Kier alpha value is -0.120. The standard InChI is InChI=1S/C12H25NO2/c1-14-9-4-7-13-8-10-15-11-12-5-2-3-6-12/h12-13H,2-11H2,1H3. The summed E-state index contributed by atoms with van der Waals surface area (Å²) in [5.41, 5.74) is 0. The summed E-state index contributed by atoms with van der Waals surface area (Å²) in [5, 5.41) is 3.34. The Morgan fingerprint density at radius 1 is 1.13 bits per heavy atom. The van der Waals surface area contributed by atoms with E-state index in [1.54, 1.807) is 7.11 Å². The average Bonchev–Trinajstić information content (AvgIpc) is 2.75. The molecular formula is C12H25NO2. The van der Waals surface area contributed by atoms with Gasteiger partial charge in [0.2, 0.25) is 0 Å². The molecule has 0 unspecified atom stereocenters. The minimum absolute atomic E-state index is 0.843. The molecule has 1 saturated carbocycles. The Labute approximate surface area is 93.5 Å². The first-order chi connectivity index (χ1) is 7.43. The monoisotopic (exact) mass is 215 g/mol. The Bertz CT molecular complexity index is 136. The van der Waals surface area contributed by atoms with Crippen molar-refractivity contribution < 1.29 is 9.47 Å². The van der Waals surface area contributed by atoms with Gasteiger partial charge in [-0.25, -0.2) is 0 Å². The van der Waals surface area contributed by atoms with Crippen LogP contribution in [0.15, 0.2) is 0 Å². The molecule has 0 amide bonds. The molecule has 3 heteroatoms. The molecule has 0 aromatic heterocycles. The van der Waals surface area contributed by atoms with Gasteiger partial charge >= 0.3 is 0 Å². The van der Waals surface area contributed by atoms with Gasteiger partial charge in [0.05, 0.1) is 6.61 Å². The van der Waals surface area contributed by atoms with E-state index in [0.29, 0.717) is 0 Å². The third kappa shape index (κ3) is 6.88. The van der Waals surface area contributed by atoms with E-state index in [1.807, 2.05) is 0 Å². The minimum Gasteiger partial charge on any atom is -0.385 e. The van der Waals surface area contributed by atoms with Crippen molar-refractivity contribution in [2.75, 3.05) is 40.0 Å². The topological polar surface area (TPSA) is 30.5 Å². The van der Waals surface area contributed by atoms with Crippen LogP contribution in [0.25, 0.3) is 0 Å². The normalized spacial score (nSPS) is 17.4. The van der Waals surface area contributed by atoms with E-state index in [1.165, 1.54) is 25.7 Å². The van der Waals surface area contributed by atoms with Gasteiger partial charge in [0.1, 0.15) is 0 Å². The van der Waals surface area contributed by atoms with Gasteiger partial charge in [-0.1, -0.05) is 12.8 Å². The van der Waals surface area contributed by atoms with Gasteiger partial charge in [0.15, 0.2) is 0 Å². The van der Waals surface area contributed by atoms with E-state index in [0.717, 1.165) is 45.2 Å². The Balaban J connectivity index is 1.73. The summed E-state index contributed by atoms with van der Waals surface area (Å²) >= 11 is 0. The van der Waals surface area contributed by atoms with Crippen LogP contribution in [-0.2, 0) is 9.47 Å². The lowest BCUT2D eigenvalue weighted by Gasteiger charge is -2.10. The quantitative estimate of drug-likeness (QED) is 0.595. The molecule has 15 heavy (non-hydrogen) atoms. The number of ether oxygens (including phenoxy) is 2. The van der Waals surface area contributed by atoms with Gasteiger partial charge < -0.3 is 14.8 Å². The first-order valence-corrected chi connectivity index (χ1v) is 6.21. The van der Waals surface area contributed by atoms with E-state index in [4.69, 9.17) is 9.47 Å². The van der Waals surface area contributed by atoms with Crippen molar-refractivity contribution in [1.29, 1.82) is 0 Å². The van der Waals surface area contributed by atoms with Crippen molar-refractivity contribution in [3.05, 3.63) is 0 Å². The first kappa shape index (κ1) is 12.9. The second-order valence-electron chi connectivity index (χ2n) is 4.32. The lowest BCUT2D eigenvalue weighted by atomic mass is 10.1. The van der Waals surface area contributed by atoms with Crippen LogP contribution in [0.1, 0.15) is 32.1 Å². The van der Waals surface area contributed by atoms with Crippen LogP contribution in [0, 0.1) is 5.92 Å². The summed E-state index contributed by atoms with van der Waals surface area (Å²) in [7, 11) is 1.74. The molecule has 90 valence electrons. The van der Waals surface area contributed by atoms with Crippen LogP contribution < -0.4 is 5.32 Å². The Morgan fingerprint density at radius 2 is 1.93 bits per heavy atom. The molecule has 0 spiro atoms. The second-order valence-corrected chi connectivity index (χ2v) is 4.32. The molecule has 1 aliphatic carbocycles. The van der Waals surface area contributed by atoms with Crippen molar-refractivity contribution in [1.82, 2.24) is 5.32 Å². The molecule has 1 rings (SSSR count). The second kappa shape index (κ2) is 9.13. The molecule has 0 aromatic rings. The zero-order valence-corrected chi connectivity index (χ0v) is 9.96. The number of methoxy groups -OCH3 is 1. The van der Waals surface area contributed by atoms with Gasteiger partial charge in [0.25, 0.3) is 0 Å². The molecule has 0 bridgehead atoms. The molecule has 0 saturated heterocycles. The summed E-state index contributed by atoms with van der Waals surface area (Å²) in [4.78, 5) is 0. The highest BCUT2D eigenvalue weighted by atomic mass is 16.5. The van der Waals surface area contributed by atoms with Crippen LogP contribution >= 0.6 is 0 Å². The molecule has 0 aliphatic heterocycles. The Kier molecular flexibility index (Phi) is 7.88. The summed E-state index contributed by atoms with van der Waals surface area (Å²) in [6.45, 7) is 4.66. The van der Waals surface area contributed by atoms with E-state index in [2.05, 4.69) is 5.32 Å². The van der Waals surface area contributed by atoms with Crippen LogP contribution in [0.4, 0.5) is 0 Å². The smallest absolute Gasteiger partial charge is 0.0591 e. The molecule has 1 N–H and O–H groups in total. The fourth-order valence-corrected chi connectivity index (χ4v) is 2.04. The predicted octanol–water partition coefficient (Wildman–Crippen LogP) is 1.82. The maximum absolute atomic E-state index is 5.63. The van der Waals surface area contributed by atoms with Crippen LogP contribution in [0.3, 0.4) is 0 Å². The van der Waals surface area contributed by atoms with Crippen molar-refractivity contribution in [2.24, 2.45) is 5.92 Å². The zero-order valence-electron chi connectivity index (χ0n) is 9.96. The fourth-order valence-electron chi connectivity index (χ4n) is 2.04. The summed E-state index contributed by atoms with van der Waals surface area (Å²) in [6.07, 6.45) is 6.65. The van der Waals surface area contributed by atoms with Crippen molar-refractivity contribution in [2.45, 2.75) is 32.1 Å². The number of nitrogens with one attached hydrogen (secondary N) is 1. The van der Waals surface area contributed by atoms with Gasteiger partial charge in [-0.05, 0) is 31.7 Å². The predicted molar refractivity (Wildman–Crippen MR) is 62.1 cm³/mol. The van der Waals surface area contributed by atoms with E-state index in [-0.39, 0.29) is 0 Å². The molecule has 0 radical (unpaired) electrons. The molecule has 0 aromatic carbocycles. The average molecular weight is 215 g/mol. The van der Waals surface area contributed by atoms with Gasteiger partial charge in [0, 0.05) is 26.9 Å². The number of hydrogen-bond acceptors (Lipinski definition) is 3. The van der Waals surface area contributed by atoms with E-state index < -0.39 is 0 Å². The van der Waals surface area contributed by atoms with Crippen molar-refractivity contribution in [3.63, 3.8) is 0 Å². The Morgan fingerprint density at radius 3 is 2.67 bits per heavy atom. The third-order valence-electron chi connectivity index (χ3n) is 2.95. The van der Waals surface area contributed by atoms with Crippen LogP contribution in [-0.4, -0.2) is 40.0 Å². The number of hydrogen-bond donors (Lipinski definition) is 1. The first-order valence-electron chi connectivity index (χ1n) is 6.21. The fraction of sp³-hybridized carbons (Fsp3) is 1.00. The summed E-state index contributed by atoms with van der Waals surface area (Å²) < 4.78 is 10.6. The number of rotatable bonds is 9. The molecule has 1 fully saturated rings. The van der Waals surface area contributed by atoms with Gasteiger partial charge in [-0.15, -0.1) is 0 Å².